The number of amides is 3. The number of carbonyl (C=O) groups excluding carboxylic acids is 2. The largest absolute Gasteiger partial charge is 0.381 e. The number of primary sulfonamides is 1. The number of hydrogen-bond donors (Lipinski definition) is 4. The maximum Gasteiger partial charge on any atom is 0.319 e. The summed E-state index contributed by atoms with van der Waals surface area (Å²) >= 11 is 0. The lowest BCUT2D eigenvalue weighted by atomic mass is 9.48. The second kappa shape index (κ2) is 10.3. The molecule has 5 aliphatic rings. The van der Waals surface area contributed by atoms with E-state index in [4.69, 9.17) is 9.88 Å². The van der Waals surface area contributed by atoms with E-state index < -0.39 is 21.6 Å². The molecule has 10 heteroatoms. The van der Waals surface area contributed by atoms with Gasteiger partial charge in [-0.2, -0.15) is 0 Å². The molecule has 3 amide bonds. The molecule has 4 aliphatic carbocycles. The van der Waals surface area contributed by atoms with Crippen molar-refractivity contribution in [3.8, 4) is 0 Å². The van der Waals surface area contributed by atoms with Crippen molar-refractivity contribution in [2.75, 3.05) is 25.1 Å². The summed E-state index contributed by atoms with van der Waals surface area (Å²) < 4.78 is 28.7. The number of nitrogens with one attached hydrogen (secondary N) is 3. The smallest absolute Gasteiger partial charge is 0.319 e. The highest BCUT2D eigenvalue weighted by Crippen LogP contribution is 2.58. The molecule has 1 aromatic rings. The second-order valence-corrected chi connectivity index (χ2v) is 12.9. The molecule has 1 aliphatic heterocycles. The van der Waals surface area contributed by atoms with Gasteiger partial charge in [-0.25, -0.2) is 18.4 Å². The Labute approximate surface area is 213 Å². The van der Waals surface area contributed by atoms with Crippen molar-refractivity contribution in [1.82, 2.24) is 10.6 Å². The number of hydrogen-bond acceptors (Lipinski definition) is 5. The normalized spacial score (nSPS) is 31.7. The van der Waals surface area contributed by atoms with Crippen molar-refractivity contribution in [3.63, 3.8) is 0 Å². The minimum Gasteiger partial charge on any atom is -0.381 e. The Kier molecular flexibility index (Phi) is 7.29. The molecular weight excluding hydrogens is 480 g/mol. The Morgan fingerprint density at radius 2 is 1.69 bits per heavy atom. The van der Waals surface area contributed by atoms with Crippen LogP contribution in [0.2, 0.25) is 0 Å². The molecule has 0 unspecified atom stereocenters. The van der Waals surface area contributed by atoms with E-state index in [0.717, 1.165) is 70.0 Å². The molecule has 9 nitrogen and oxygen atoms in total. The fourth-order valence-electron chi connectivity index (χ4n) is 7.41. The predicted octanol–water partition coefficient (Wildman–Crippen LogP) is 2.97. The zero-order valence-electron chi connectivity index (χ0n) is 20.7. The van der Waals surface area contributed by atoms with Crippen LogP contribution < -0.4 is 21.1 Å². The third-order valence-corrected chi connectivity index (χ3v) is 9.96. The van der Waals surface area contributed by atoms with Gasteiger partial charge in [-0.3, -0.25) is 4.79 Å². The highest BCUT2D eigenvalue weighted by molar-refractivity contribution is 7.89. The first-order valence-corrected chi connectivity index (χ1v) is 14.8. The van der Waals surface area contributed by atoms with Crippen molar-refractivity contribution < 1.29 is 22.7 Å². The molecule has 0 radical (unpaired) electrons. The Morgan fingerprint density at radius 1 is 1.03 bits per heavy atom. The lowest BCUT2D eigenvalue weighted by Crippen LogP contribution is -2.70. The van der Waals surface area contributed by atoms with Crippen molar-refractivity contribution in [2.45, 2.75) is 68.2 Å². The number of carbonyl (C=O) groups is 2. The fourth-order valence-corrected chi connectivity index (χ4v) is 7.97. The monoisotopic (exact) mass is 518 g/mol. The van der Waals surface area contributed by atoms with Crippen LogP contribution in [0.3, 0.4) is 0 Å². The van der Waals surface area contributed by atoms with Gasteiger partial charge >= 0.3 is 6.03 Å². The minimum atomic E-state index is -3.87. The van der Waals surface area contributed by atoms with Gasteiger partial charge in [0.25, 0.3) is 0 Å². The van der Waals surface area contributed by atoms with Gasteiger partial charge in [0, 0.05) is 31.9 Å². The Bertz CT molecular complexity index is 1060. The third kappa shape index (κ3) is 5.55. The van der Waals surface area contributed by atoms with Gasteiger partial charge in [-0.15, -0.1) is 0 Å². The van der Waals surface area contributed by atoms with E-state index in [0.29, 0.717) is 36.4 Å². The van der Waals surface area contributed by atoms with Crippen LogP contribution in [0, 0.1) is 29.6 Å². The van der Waals surface area contributed by atoms with Crippen molar-refractivity contribution in [3.05, 3.63) is 24.3 Å². The average Bonchev–Trinajstić information content (AvgIpc) is 2.84. The maximum atomic E-state index is 13.2. The molecule has 0 atom stereocenters. The first-order valence-electron chi connectivity index (χ1n) is 13.3. The highest BCUT2D eigenvalue weighted by Gasteiger charge is 2.57. The van der Waals surface area contributed by atoms with Gasteiger partial charge in [0.1, 0.15) is 0 Å². The number of ether oxygens (including phenoxy) is 1. The summed E-state index contributed by atoms with van der Waals surface area (Å²) in [5.74, 6) is 2.82. The van der Waals surface area contributed by atoms with Crippen LogP contribution in [0.25, 0.3) is 0 Å². The molecule has 1 aromatic carbocycles. The zero-order chi connectivity index (χ0) is 25.3. The Hall–Kier alpha value is -2.17. The lowest BCUT2D eigenvalue weighted by molar-refractivity contribution is -0.132. The van der Waals surface area contributed by atoms with E-state index in [1.165, 1.54) is 24.6 Å². The van der Waals surface area contributed by atoms with Crippen LogP contribution in [0.5, 0.6) is 0 Å². The van der Waals surface area contributed by atoms with Crippen molar-refractivity contribution in [2.24, 2.45) is 34.7 Å². The van der Waals surface area contributed by atoms with Crippen molar-refractivity contribution in [1.29, 1.82) is 0 Å². The van der Waals surface area contributed by atoms with Crippen LogP contribution in [0.4, 0.5) is 10.5 Å². The summed E-state index contributed by atoms with van der Waals surface area (Å²) in [6.07, 6.45) is 9.13. The second-order valence-electron chi connectivity index (χ2n) is 11.4. The first kappa shape index (κ1) is 25.5. The van der Waals surface area contributed by atoms with Gasteiger partial charge in [0.05, 0.1) is 10.4 Å². The van der Waals surface area contributed by atoms with Gasteiger partial charge < -0.3 is 20.7 Å². The fraction of sp³-hybridized carbons (Fsp3) is 0.692. The number of sulfonamides is 1. The molecule has 1 heterocycles. The van der Waals surface area contributed by atoms with E-state index in [1.54, 1.807) is 6.07 Å². The molecule has 6 rings (SSSR count). The molecule has 36 heavy (non-hydrogen) atoms. The van der Waals surface area contributed by atoms with Gasteiger partial charge in [0.2, 0.25) is 15.9 Å². The maximum absolute atomic E-state index is 13.2. The molecule has 4 bridgehead atoms. The van der Waals surface area contributed by atoms with Crippen LogP contribution in [0.1, 0.15) is 57.8 Å². The molecule has 0 aromatic heterocycles. The quantitative estimate of drug-likeness (QED) is 0.419. The van der Waals surface area contributed by atoms with E-state index in [-0.39, 0.29) is 10.8 Å². The molecule has 4 saturated carbocycles. The number of nitrogens with two attached hydrogens (primary N) is 1. The lowest BCUT2D eigenvalue weighted by Gasteiger charge is -2.61. The zero-order valence-corrected chi connectivity index (χ0v) is 21.5. The van der Waals surface area contributed by atoms with E-state index in [9.17, 15) is 18.0 Å². The number of urea groups is 1. The van der Waals surface area contributed by atoms with Crippen LogP contribution in [-0.4, -0.2) is 45.7 Å². The van der Waals surface area contributed by atoms with E-state index in [1.807, 2.05) is 0 Å². The SMILES string of the molecule is NS(=O)(=O)c1cccc(NC(=O)NCC2(NC(=O)CCC3CCOCC3)C3CC4CC(C3)CC2C4)c1. The number of rotatable bonds is 8. The molecule has 5 fully saturated rings. The Balaban J connectivity index is 1.25. The average molecular weight is 519 g/mol. The molecule has 5 N–H and O–H groups in total. The van der Waals surface area contributed by atoms with Gasteiger partial charge in [0.15, 0.2) is 0 Å². The third-order valence-electron chi connectivity index (χ3n) is 9.05. The van der Waals surface area contributed by atoms with E-state index >= 15 is 0 Å². The van der Waals surface area contributed by atoms with Crippen LogP contribution in [0.15, 0.2) is 29.2 Å². The molecular formula is C26H38N4O5S. The summed E-state index contributed by atoms with van der Waals surface area (Å²) in [6, 6.07) is 5.45. The molecule has 1 saturated heterocycles. The van der Waals surface area contributed by atoms with Gasteiger partial charge in [-0.05, 0) is 99.2 Å². The minimum absolute atomic E-state index is 0.0606. The summed E-state index contributed by atoms with van der Waals surface area (Å²) in [6.45, 7) is 1.93. The molecule has 0 spiro atoms. The van der Waals surface area contributed by atoms with Crippen LogP contribution >= 0.6 is 0 Å². The first-order chi connectivity index (χ1) is 17.2. The van der Waals surface area contributed by atoms with E-state index in [2.05, 4.69) is 16.0 Å². The van der Waals surface area contributed by atoms with Gasteiger partial charge in [-0.1, -0.05) is 6.07 Å². The standard InChI is InChI=1S/C26H38N4O5S/c27-36(33,34)23-3-1-2-22(15-23)29-25(32)28-16-26(20-11-18-10-19(13-20)14-21(26)12-18)30-24(31)5-4-17-6-8-35-9-7-17/h1-3,15,17-21H,4-14,16H2,(H,30,31)(H2,27,33,34)(H2,28,29,32). The van der Waals surface area contributed by atoms with Crippen molar-refractivity contribution >= 4 is 27.6 Å². The Morgan fingerprint density at radius 3 is 2.33 bits per heavy atom. The number of anilines is 1. The highest BCUT2D eigenvalue weighted by atomic mass is 32.2. The number of benzene rings is 1. The summed E-state index contributed by atoms with van der Waals surface area (Å²) in [5, 5.41) is 14.4. The topological polar surface area (TPSA) is 140 Å². The summed E-state index contributed by atoms with van der Waals surface area (Å²) in [5.41, 5.74) is -0.0846. The summed E-state index contributed by atoms with van der Waals surface area (Å²) in [4.78, 5) is 26.0. The molecule has 198 valence electrons. The predicted molar refractivity (Wildman–Crippen MR) is 136 cm³/mol. The summed E-state index contributed by atoms with van der Waals surface area (Å²) in [7, 11) is -3.87. The van der Waals surface area contributed by atoms with Crippen LogP contribution in [-0.2, 0) is 19.6 Å².